The number of ether oxygens (including phenoxy) is 1. The Morgan fingerprint density at radius 2 is 1.96 bits per heavy atom. The van der Waals surface area contributed by atoms with Gasteiger partial charge in [0, 0.05) is 28.3 Å². The van der Waals surface area contributed by atoms with E-state index in [1.54, 1.807) is 37.5 Å². The molecule has 0 spiro atoms. The first-order valence-corrected chi connectivity index (χ1v) is 8.90. The summed E-state index contributed by atoms with van der Waals surface area (Å²) >= 11 is 6.22. The van der Waals surface area contributed by atoms with Crippen molar-refractivity contribution in [1.29, 1.82) is 5.26 Å². The highest BCUT2D eigenvalue weighted by Gasteiger charge is 2.12. The molecule has 3 aromatic rings. The molecule has 0 aliphatic rings. The van der Waals surface area contributed by atoms with Gasteiger partial charge in [-0.15, -0.1) is 0 Å². The number of halogens is 1. The molecule has 28 heavy (non-hydrogen) atoms. The summed E-state index contributed by atoms with van der Waals surface area (Å²) in [5.41, 5.74) is 3.09. The number of hydrogen-bond donors (Lipinski definition) is 1. The summed E-state index contributed by atoms with van der Waals surface area (Å²) < 4.78 is 6.96. The number of hydrogen-bond acceptors (Lipinski definition) is 3. The van der Waals surface area contributed by atoms with E-state index in [1.165, 1.54) is 0 Å². The SMILES string of the molecule is COc1ccc(NC(=O)/C(C#N)=C\c2cccn2-c2ccc(C)c(Cl)c2)cc1. The molecule has 1 heterocycles. The van der Waals surface area contributed by atoms with E-state index in [2.05, 4.69) is 5.32 Å². The Morgan fingerprint density at radius 1 is 1.21 bits per heavy atom. The van der Waals surface area contributed by atoms with Gasteiger partial charge >= 0.3 is 0 Å². The molecule has 0 fully saturated rings. The number of carbonyl (C=O) groups excluding carboxylic acids is 1. The first kappa shape index (κ1) is 19.3. The van der Waals surface area contributed by atoms with E-state index < -0.39 is 5.91 Å². The van der Waals surface area contributed by atoms with Crippen LogP contribution in [0.2, 0.25) is 5.02 Å². The number of methoxy groups -OCH3 is 1. The first-order valence-electron chi connectivity index (χ1n) is 8.53. The van der Waals surface area contributed by atoms with Crippen LogP contribution in [0, 0.1) is 18.3 Å². The Kier molecular flexibility index (Phi) is 5.83. The quantitative estimate of drug-likeness (QED) is 0.492. The van der Waals surface area contributed by atoms with Crippen LogP contribution in [0.5, 0.6) is 5.75 Å². The van der Waals surface area contributed by atoms with Crippen LogP contribution >= 0.6 is 11.6 Å². The molecule has 6 heteroatoms. The molecule has 0 radical (unpaired) electrons. The maximum absolute atomic E-state index is 12.5. The molecule has 1 amide bonds. The Labute approximate surface area is 168 Å². The van der Waals surface area contributed by atoms with Gasteiger partial charge in [0.15, 0.2) is 0 Å². The maximum atomic E-state index is 12.5. The fourth-order valence-corrected chi connectivity index (χ4v) is 2.82. The number of aryl methyl sites for hydroxylation is 1. The van der Waals surface area contributed by atoms with Gasteiger partial charge in [-0.3, -0.25) is 4.79 Å². The van der Waals surface area contributed by atoms with Gasteiger partial charge in [0.05, 0.1) is 7.11 Å². The summed E-state index contributed by atoms with van der Waals surface area (Å²) in [6, 6.07) is 18.2. The number of rotatable bonds is 5. The minimum atomic E-state index is -0.484. The molecule has 0 saturated carbocycles. The van der Waals surface area contributed by atoms with Crippen molar-refractivity contribution >= 4 is 29.3 Å². The second kappa shape index (κ2) is 8.47. The Hall–Kier alpha value is -3.49. The fraction of sp³-hybridized carbons (Fsp3) is 0.0909. The highest BCUT2D eigenvalue weighted by molar-refractivity contribution is 6.31. The van der Waals surface area contributed by atoms with E-state index in [0.717, 1.165) is 11.3 Å². The van der Waals surface area contributed by atoms with Crippen molar-refractivity contribution in [3.8, 4) is 17.5 Å². The molecule has 140 valence electrons. The van der Waals surface area contributed by atoms with E-state index in [1.807, 2.05) is 54.1 Å². The molecule has 0 atom stereocenters. The fourth-order valence-electron chi connectivity index (χ4n) is 2.65. The number of benzene rings is 2. The van der Waals surface area contributed by atoms with E-state index in [-0.39, 0.29) is 5.57 Å². The van der Waals surface area contributed by atoms with Crippen molar-refractivity contribution in [1.82, 2.24) is 4.57 Å². The molecular weight excluding hydrogens is 374 g/mol. The zero-order valence-corrected chi connectivity index (χ0v) is 16.2. The molecule has 3 rings (SSSR count). The zero-order valence-electron chi connectivity index (χ0n) is 15.4. The molecule has 1 aromatic heterocycles. The van der Waals surface area contributed by atoms with Crippen LogP contribution < -0.4 is 10.1 Å². The van der Waals surface area contributed by atoms with Gasteiger partial charge in [0.2, 0.25) is 0 Å². The number of carbonyl (C=O) groups is 1. The van der Waals surface area contributed by atoms with Gasteiger partial charge in [-0.2, -0.15) is 5.26 Å². The average molecular weight is 392 g/mol. The smallest absolute Gasteiger partial charge is 0.266 e. The molecular formula is C22H18ClN3O2. The van der Waals surface area contributed by atoms with Crippen LogP contribution in [0.4, 0.5) is 5.69 Å². The van der Waals surface area contributed by atoms with Crippen molar-refractivity contribution in [3.63, 3.8) is 0 Å². The minimum absolute atomic E-state index is 0.00558. The summed E-state index contributed by atoms with van der Waals surface area (Å²) in [5, 5.41) is 12.8. The van der Waals surface area contributed by atoms with Crippen molar-refractivity contribution in [2.75, 3.05) is 12.4 Å². The summed E-state index contributed by atoms with van der Waals surface area (Å²) in [6.45, 7) is 1.93. The lowest BCUT2D eigenvalue weighted by Crippen LogP contribution is -2.13. The van der Waals surface area contributed by atoms with E-state index in [4.69, 9.17) is 16.3 Å². The monoisotopic (exact) mass is 391 g/mol. The predicted octanol–water partition coefficient (Wildman–Crippen LogP) is 4.99. The number of anilines is 1. The summed E-state index contributed by atoms with van der Waals surface area (Å²) in [5.74, 6) is 0.200. The Balaban J connectivity index is 1.86. The van der Waals surface area contributed by atoms with Gasteiger partial charge in [-0.25, -0.2) is 0 Å². The zero-order chi connectivity index (χ0) is 20.1. The Bertz CT molecular complexity index is 1080. The van der Waals surface area contributed by atoms with Crippen LogP contribution in [0.25, 0.3) is 11.8 Å². The van der Waals surface area contributed by atoms with Crippen LogP contribution in [-0.4, -0.2) is 17.6 Å². The summed E-state index contributed by atoms with van der Waals surface area (Å²) in [4.78, 5) is 12.5. The molecule has 0 bridgehead atoms. The first-order chi connectivity index (χ1) is 13.5. The van der Waals surface area contributed by atoms with Crippen LogP contribution in [0.15, 0.2) is 66.4 Å². The third-order valence-corrected chi connectivity index (χ3v) is 4.63. The summed E-state index contributed by atoms with van der Waals surface area (Å²) in [7, 11) is 1.57. The molecule has 5 nitrogen and oxygen atoms in total. The third-order valence-electron chi connectivity index (χ3n) is 4.22. The van der Waals surface area contributed by atoms with Crippen LogP contribution in [-0.2, 0) is 4.79 Å². The molecule has 0 aliphatic heterocycles. The molecule has 1 N–H and O–H groups in total. The maximum Gasteiger partial charge on any atom is 0.266 e. The van der Waals surface area contributed by atoms with E-state index in [0.29, 0.717) is 22.2 Å². The lowest BCUT2D eigenvalue weighted by atomic mass is 10.2. The number of amides is 1. The minimum Gasteiger partial charge on any atom is -0.497 e. The van der Waals surface area contributed by atoms with Crippen LogP contribution in [0.1, 0.15) is 11.3 Å². The average Bonchev–Trinajstić information content (AvgIpc) is 3.17. The largest absolute Gasteiger partial charge is 0.497 e. The second-order valence-corrected chi connectivity index (χ2v) is 6.50. The summed E-state index contributed by atoms with van der Waals surface area (Å²) in [6.07, 6.45) is 3.40. The van der Waals surface area contributed by atoms with Gasteiger partial charge in [-0.1, -0.05) is 17.7 Å². The van der Waals surface area contributed by atoms with Crippen molar-refractivity contribution in [2.45, 2.75) is 6.92 Å². The lowest BCUT2D eigenvalue weighted by molar-refractivity contribution is -0.112. The van der Waals surface area contributed by atoms with Crippen molar-refractivity contribution in [2.24, 2.45) is 0 Å². The molecule has 2 aromatic carbocycles. The van der Waals surface area contributed by atoms with Gasteiger partial charge in [-0.05, 0) is 67.1 Å². The molecule has 0 saturated heterocycles. The number of nitriles is 1. The number of nitrogens with one attached hydrogen (secondary N) is 1. The standard InChI is InChI=1S/C22H18ClN3O2/c1-15-5-8-19(13-21(15)23)26-11-3-4-18(26)12-16(14-24)22(27)25-17-6-9-20(28-2)10-7-17/h3-13H,1-2H3,(H,25,27)/b16-12-. The predicted molar refractivity (Wildman–Crippen MR) is 111 cm³/mol. The molecule has 0 aliphatic carbocycles. The van der Waals surface area contributed by atoms with Gasteiger partial charge < -0.3 is 14.6 Å². The molecule has 0 unspecified atom stereocenters. The van der Waals surface area contributed by atoms with E-state index in [9.17, 15) is 10.1 Å². The third kappa shape index (κ3) is 4.25. The van der Waals surface area contributed by atoms with Gasteiger partial charge in [0.1, 0.15) is 17.4 Å². The van der Waals surface area contributed by atoms with Crippen LogP contribution in [0.3, 0.4) is 0 Å². The highest BCUT2D eigenvalue weighted by atomic mass is 35.5. The second-order valence-electron chi connectivity index (χ2n) is 6.09. The number of nitrogens with zero attached hydrogens (tertiary/aromatic N) is 2. The number of aromatic nitrogens is 1. The van der Waals surface area contributed by atoms with Gasteiger partial charge in [0.25, 0.3) is 5.91 Å². The normalized spacial score (nSPS) is 11.0. The lowest BCUT2D eigenvalue weighted by Gasteiger charge is -2.09. The van der Waals surface area contributed by atoms with Crippen molar-refractivity contribution < 1.29 is 9.53 Å². The Morgan fingerprint density at radius 3 is 2.61 bits per heavy atom. The topological polar surface area (TPSA) is 67.0 Å². The van der Waals surface area contributed by atoms with Crippen molar-refractivity contribution in [3.05, 3.63) is 82.6 Å². The van der Waals surface area contributed by atoms with E-state index >= 15 is 0 Å². The highest BCUT2D eigenvalue weighted by Crippen LogP contribution is 2.22.